The van der Waals surface area contributed by atoms with Gasteiger partial charge in [-0.15, -0.1) is 0 Å². The van der Waals surface area contributed by atoms with E-state index in [1.54, 1.807) is 0 Å². The molecule has 0 saturated heterocycles. The third-order valence-electron chi connectivity index (χ3n) is 7.76. The number of halogens is 1. The van der Waals surface area contributed by atoms with Crippen molar-refractivity contribution in [2.75, 3.05) is 28.2 Å². The van der Waals surface area contributed by atoms with Gasteiger partial charge in [-0.3, -0.25) is 0 Å². The summed E-state index contributed by atoms with van der Waals surface area (Å²) in [5.41, 5.74) is 6.74. The summed E-state index contributed by atoms with van der Waals surface area (Å²) in [6, 6.07) is 30.3. The number of amidine groups is 2. The van der Waals surface area contributed by atoms with Gasteiger partial charge in [0, 0.05) is 24.5 Å². The zero-order valence-electron chi connectivity index (χ0n) is 23.6. The Labute approximate surface area is 253 Å². The molecule has 2 aliphatic heterocycles. The average molecular weight is 621 g/mol. The highest BCUT2D eigenvalue weighted by molar-refractivity contribution is 9.10. The standard InChI is InChI=1S/C33H30BrN7O/c1-4-39(5-2)23-17-15-22(16-18-23)35-31-33-37-32-29(21(3)38-41(32)24-11-7-6-8-12-24)30(27-19-20-28(34)42-27)40(33)26-14-10-9-13-25(26)36-31/h6-20,30H,4-5H2,1-3H3,(H,35,36)/t30-/m1/s1. The van der Waals surface area contributed by atoms with Gasteiger partial charge < -0.3 is 19.5 Å². The van der Waals surface area contributed by atoms with Gasteiger partial charge in [-0.25, -0.2) is 14.7 Å². The topological polar surface area (TPSA) is 74.2 Å². The molecule has 0 fully saturated rings. The number of nitrogens with zero attached hydrogens (tertiary/aromatic N) is 6. The second kappa shape index (κ2) is 10.6. The summed E-state index contributed by atoms with van der Waals surface area (Å²) < 4.78 is 8.82. The maximum atomic E-state index is 6.24. The van der Waals surface area contributed by atoms with Crippen LogP contribution in [0.5, 0.6) is 0 Å². The maximum absolute atomic E-state index is 6.24. The van der Waals surface area contributed by atoms with E-state index in [1.165, 1.54) is 5.69 Å². The monoisotopic (exact) mass is 619 g/mol. The number of anilines is 3. The predicted octanol–water partition coefficient (Wildman–Crippen LogP) is 8.18. The lowest BCUT2D eigenvalue weighted by Gasteiger charge is -2.39. The van der Waals surface area contributed by atoms with Crippen LogP contribution in [0.25, 0.3) is 5.69 Å². The van der Waals surface area contributed by atoms with E-state index in [-0.39, 0.29) is 6.04 Å². The zero-order valence-corrected chi connectivity index (χ0v) is 25.2. The van der Waals surface area contributed by atoms with Crippen molar-refractivity contribution in [3.05, 3.63) is 113 Å². The van der Waals surface area contributed by atoms with Gasteiger partial charge in [-0.1, -0.05) is 30.3 Å². The van der Waals surface area contributed by atoms with Crippen molar-refractivity contribution < 1.29 is 4.42 Å². The molecule has 4 heterocycles. The Morgan fingerprint density at radius 3 is 2.33 bits per heavy atom. The lowest BCUT2D eigenvalue weighted by Crippen LogP contribution is -2.46. The zero-order chi connectivity index (χ0) is 28.8. The van der Waals surface area contributed by atoms with Crippen LogP contribution in [-0.4, -0.2) is 34.5 Å². The molecule has 9 heteroatoms. The molecular formula is C33H30BrN7O. The van der Waals surface area contributed by atoms with Crippen molar-refractivity contribution in [1.82, 2.24) is 9.78 Å². The lowest BCUT2D eigenvalue weighted by molar-refractivity contribution is 0.468. The molecule has 2 aliphatic rings. The number of fused-ring (bicyclic) bond motifs is 4. The Kier molecular flexibility index (Phi) is 6.66. The molecule has 1 atom stereocenters. The Morgan fingerprint density at radius 1 is 0.881 bits per heavy atom. The van der Waals surface area contributed by atoms with Crippen molar-refractivity contribution in [2.45, 2.75) is 26.8 Å². The quantitative estimate of drug-likeness (QED) is 0.207. The van der Waals surface area contributed by atoms with Crippen LogP contribution in [0.2, 0.25) is 0 Å². The van der Waals surface area contributed by atoms with E-state index in [0.717, 1.165) is 58.7 Å². The van der Waals surface area contributed by atoms with Crippen molar-refractivity contribution in [3.8, 4) is 5.69 Å². The molecule has 0 amide bonds. The van der Waals surface area contributed by atoms with Crippen LogP contribution in [0.4, 0.5) is 28.6 Å². The molecule has 0 unspecified atom stereocenters. The molecule has 0 spiro atoms. The molecule has 3 aromatic carbocycles. The third-order valence-corrected chi connectivity index (χ3v) is 8.19. The SMILES string of the molecule is CCN(CC)c1ccc(NC2=Nc3ccccc3N3C2=Nc2c(c(C)nn2-c2ccccc2)[C@H]3c2ccc(Br)o2)cc1. The van der Waals surface area contributed by atoms with E-state index < -0.39 is 0 Å². The summed E-state index contributed by atoms with van der Waals surface area (Å²) in [6.45, 7) is 8.29. The minimum atomic E-state index is -0.310. The maximum Gasteiger partial charge on any atom is 0.179 e. The molecule has 1 N–H and O–H groups in total. The Hall–Kier alpha value is -4.63. The van der Waals surface area contributed by atoms with E-state index in [2.05, 4.69) is 75.2 Å². The lowest BCUT2D eigenvalue weighted by atomic mass is 9.98. The fourth-order valence-corrected chi connectivity index (χ4v) is 6.09. The molecule has 210 valence electrons. The van der Waals surface area contributed by atoms with Gasteiger partial charge in [-0.2, -0.15) is 5.10 Å². The molecule has 0 bridgehead atoms. The molecule has 8 nitrogen and oxygen atoms in total. The molecule has 0 aliphatic carbocycles. The molecular weight excluding hydrogens is 590 g/mol. The smallest absolute Gasteiger partial charge is 0.179 e. The van der Waals surface area contributed by atoms with Gasteiger partial charge in [0.05, 0.1) is 28.3 Å². The first kappa shape index (κ1) is 26.3. The number of hydrogen-bond donors (Lipinski definition) is 1. The predicted molar refractivity (Wildman–Crippen MR) is 173 cm³/mol. The Morgan fingerprint density at radius 2 is 1.62 bits per heavy atom. The Bertz CT molecular complexity index is 1820. The first-order chi connectivity index (χ1) is 20.6. The summed E-state index contributed by atoms with van der Waals surface area (Å²) >= 11 is 3.53. The highest BCUT2D eigenvalue weighted by atomic mass is 79.9. The molecule has 5 aromatic rings. The van der Waals surface area contributed by atoms with Crippen LogP contribution in [0.3, 0.4) is 0 Å². The number of para-hydroxylation sites is 3. The van der Waals surface area contributed by atoms with Crippen molar-refractivity contribution in [1.29, 1.82) is 0 Å². The molecule has 7 rings (SSSR count). The Balaban J connectivity index is 1.41. The van der Waals surface area contributed by atoms with Gasteiger partial charge in [0.15, 0.2) is 22.2 Å². The van der Waals surface area contributed by atoms with E-state index in [1.807, 2.05) is 72.3 Å². The van der Waals surface area contributed by atoms with Crippen molar-refractivity contribution >= 4 is 56.2 Å². The van der Waals surface area contributed by atoms with Crippen LogP contribution < -0.4 is 15.1 Å². The number of hydrogen-bond acceptors (Lipinski definition) is 7. The van der Waals surface area contributed by atoms with E-state index in [0.29, 0.717) is 16.3 Å². The second-order valence-corrected chi connectivity index (χ2v) is 11.0. The normalized spacial score (nSPS) is 15.3. The molecule has 0 saturated carbocycles. The highest BCUT2D eigenvalue weighted by Crippen LogP contribution is 2.48. The molecule has 42 heavy (non-hydrogen) atoms. The molecule has 0 radical (unpaired) electrons. The van der Waals surface area contributed by atoms with Gasteiger partial charge in [0.1, 0.15) is 11.8 Å². The second-order valence-electron chi connectivity index (χ2n) is 10.2. The number of furan rings is 1. The third kappa shape index (κ3) is 4.41. The first-order valence-corrected chi connectivity index (χ1v) is 14.9. The summed E-state index contributed by atoms with van der Waals surface area (Å²) in [6.07, 6.45) is 0. The van der Waals surface area contributed by atoms with Gasteiger partial charge in [0.25, 0.3) is 0 Å². The van der Waals surface area contributed by atoms with Gasteiger partial charge in [-0.05, 0) is 97.4 Å². The number of aryl methyl sites for hydroxylation is 1. The number of benzene rings is 3. The van der Waals surface area contributed by atoms with E-state index >= 15 is 0 Å². The largest absolute Gasteiger partial charge is 0.452 e. The van der Waals surface area contributed by atoms with Crippen LogP contribution in [0.1, 0.15) is 36.9 Å². The summed E-state index contributed by atoms with van der Waals surface area (Å²) in [5, 5.41) is 8.56. The molecule has 2 aromatic heterocycles. The number of aliphatic imine (C=N–C) groups is 2. The fraction of sp³-hybridized carbons (Fsp3) is 0.182. The highest BCUT2D eigenvalue weighted by Gasteiger charge is 2.42. The minimum absolute atomic E-state index is 0.310. The van der Waals surface area contributed by atoms with Crippen LogP contribution in [-0.2, 0) is 0 Å². The van der Waals surface area contributed by atoms with Gasteiger partial charge >= 0.3 is 0 Å². The summed E-state index contributed by atoms with van der Waals surface area (Å²) in [4.78, 5) is 14.9. The van der Waals surface area contributed by atoms with Crippen LogP contribution in [0, 0.1) is 6.92 Å². The summed E-state index contributed by atoms with van der Waals surface area (Å²) in [7, 11) is 0. The van der Waals surface area contributed by atoms with Crippen LogP contribution >= 0.6 is 15.9 Å². The van der Waals surface area contributed by atoms with Crippen molar-refractivity contribution in [2.24, 2.45) is 9.98 Å². The summed E-state index contributed by atoms with van der Waals surface area (Å²) in [5.74, 6) is 2.90. The first-order valence-electron chi connectivity index (χ1n) is 14.1. The number of rotatable bonds is 6. The van der Waals surface area contributed by atoms with Crippen LogP contribution in [0.15, 0.2) is 110 Å². The van der Waals surface area contributed by atoms with E-state index in [9.17, 15) is 0 Å². The average Bonchev–Trinajstić information content (AvgIpc) is 3.60. The minimum Gasteiger partial charge on any atom is -0.452 e. The van der Waals surface area contributed by atoms with E-state index in [4.69, 9.17) is 19.5 Å². The van der Waals surface area contributed by atoms with Crippen molar-refractivity contribution in [3.63, 3.8) is 0 Å². The fourth-order valence-electron chi connectivity index (χ4n) is 5.77. The number of aromatic nitrogens is 2. The number of nitrogens with one attached hydrogen (secondary N) is 1. The van der Waals surface area contributed by atoms with Gasteiger partial charge in [0.2, 0.25) is 0 Å².